The first-order chi connectivity index (χ1) is 7.88. The molecule has 0 aromatic heterocycles. The molecule has 1 saturated heterocycles. The van der Waals surface area contributed by atoms with Crippen molar-refractivity contribution in [1.29, 1.82) is 0 Å². The molecule has 1 N–H and O–H groups in total. The molecule has 0 bridgehead atoms. The van der Waals surface area contributed by atoms with Crippen molar-refractivity contribution in [3.05, 3.63) is 24.4 Å². The molecule has 4 heteroatoms. The zero-order valence-electron chi connectivity index (χ0n) is 11.5. The number of rotatable bonds is 2. The van der Waals surface area contributed by atoms with Crippen LogP contribution in [0.4, 0.5) is 0 Å². The predicted octanol–water partition coefficient (Wildman–Crippen LogP) is 0.214. The minimum atomic E-state index is 0.127. The summed E-state index contributed by atoms with van der Waals surface area (Å²) in [4.78, 5) is 9.35. The van der Waals surface area contributed by atoms with E-state index in [1.54, 1.807) is 7.11 Å². The first-order valence-corrected chi connectivity index (χ1v) is 6.15. The minimum absolute atomic E-state index is 0.127. The second kappa shape index (κ2) is 4.12. The van der Waals surface area contributed by atoms with Crippen LogP contribution in [0.15, 0.2) is 24.4 Å². The third-order valence-corrected chi connectivity index (χ3v) is 4.11. The van der Waals surface area contributed by atoms with Crippen LogP contribution in [0.25, 0.3) is 0 Å². The third-order valence-electron chi connectivity index (χ3n) is 4.11. The van der Waals surface area contributed by atoms with E-state index < -0.39 is 0 Å². The van der Waals surface area contributed by atoms with Crippen LogP contribution >= 0.6 is 0 Å². The van der Waals surface area contributed by atoms with E-state index in [1.807, 2.05) is 0 Å². The molecular weight excluding hydrogens is 214 g/mol. The highest BCUT2D eigenvalue weighted by Crippen LogP contribution is 2.25. The summed E-state index contributed by atoms with van der Waals surface area (Å²) in [7, 11) is 3.96. The summed E-state index contributed by atoms with van der Waals surface area (Å²) < 4.78 is 0. The van der Waals surface area contributed by atoms with Gasteiger partial charge in [0, 0.05) is 12.7 Å². The van der Waals surface area contributed by atoms with Crippen LogP contribution in [0.5, 0.6) is 0 Å². The first kappa shape index (κ1) is 12.6. The molecule has 2 heterocycles. The number of quaternary nitrogens is 1. The van der Waals surface area contributed by atoms with E-state index in [0.29, 0.717) is 0 Å². The Bertz CT molecular complexity index is 351. The monoisotopic (exact) mass is 238 g/mol. The molecule has 2 unspecified atom stereocenters. The van der Waals surface area contributed by atoms with Crippen molar-refractivity contribution in [3.63, 3.8) is 0 Å². The molecule has 2 rings (SSSR count). The summed E-state index contributed by atoms with van der Waals surface area (Å²) >= 11 is 0. The maximum Gasteiger partial charge on any atom is 0.246 e. The molecule has 4 nitrogen and oxygen atoms in total. The Kier molecular flexibility index (Phi) is 3.06. The van der Waals surface area contributed by atoms with Gasteiger partial charge in [-0.3, -0.25) is 9.74 Å². The molecule has 0 spiro atoms. The summed E-state index contributed by atoms with van der Waals surface area (Å²) in [5.74, 6) is 0. The quantitative estimate of drug-likeness (QED) is 0.695. The first-order valence-electron chi connectivity index (χ1n) is 6.15. The number of hydrogen-bond donors (Lipinski definition) is 1. The Morgan fingerprint density at radius 3 is 2.71 bits per heavy atom. The fraction of sp³-hybridized carbons (Fsp3) is 0.692. The van der Waals surface area contributed by atoms with Gasteiger partial charge in [-0.25, -0.2) is 0 Å². The van der Waals surface area contributed by atoms with Gasteiger partial charge in [-0.05, 0) is 26.8 Å². The molecule has 17 heavy (non-hydrogen) atoms. The van der Waals surface area contributed by atoms with Gasteiger partial charge in [-0.1, -0.05) is 12.2 Å². The lowest BCUT2D eigenvalue weighted by molar-refractivity contribution is -0.974. The molecule has 3 atom stereocenters. The molecule has 0 aromatic carbocycles. The molecule has 0 amide bonds. The number of hydrogen-bond acceptors (Lipinski definition) is 3. The van der Waals surface area contributed by atoms with E-state index in [0.717, 1.165) is 12.1 Å². The Morgan fingerprint density at radius 2 is 2.18 bits per heavy atom. The number of nitrogens with zero attached hydrogens (tertiary/aromatic N) is 2. The fourth-order valence-electron chi connectivity index (χ4n) is 2.63. The Balaban J connectivity index is 2.31. The van der Waals surface area contributed by atoms with Crippen LogP contribution in [0.2, 0.25) is 0 Å². The van der Waals surface area contributed by atoms with Crippen molar-refractivity contribution in [2.24, 2.45) is 0 Å². The Labute approximate surface area is 104 Å². The van der Waals surface area contributed by atoms with E-state index in [-0.39, 0.29) is 17.9 Å². The van der Waals surface area contributed by atoms with Gasteiger partial charge in [0.25, 0.3) is 0 Å². The maximum atomic E-state index is 5.59. The van der Waals surface area contributed by atoms with Gasteiger partial charge in [0.15, 0.2) is 0 Å². The van der Waals surface area contributed by atoms with Crippen molar-refractivity contribution >= 4 is 0 Å². The molecular formula is C13H24N3O+. The van der Waals surface area contributed by atoms with E-state index in [4.69, 9.17) is 4.84 Å². The van der Waals surface area contributed by atoms with Crippen molar-refractivity contribution < 1.29 is 9.74 Å². The highest BCUT2D eigenvalue weighted by molar-refractivity contribution is 5.10. The second-order valence-corrected chi connectivity index (χ2v) is 5.70. The minimum Gasteiger partial charge on any atom is -0.312 e. The average molecular weight is 238 g/mol. The third kappa shape index (κ3) is 1.90. The summed E-state index contributed by atoms with van der Waals surface area (Å²) in [5, 5.41) is 2.07. The highest BCUT2D eigenvalue weighted by atomic mass is 16.7. The lowest BCUT2D eigenvalue weighted by Gasteiger charge is -2.43. The molecule has 0 aromatic rings. The van der Waals surface area contributed by atoms with Crippen molar-refractivity contribution in [2.45, 2.75) is 38.6 Å². The largest absolute Gasteiger partial charge is 0.312 e. The Morgan fingerprint density at radius 1 is 1.53 bits per heavy atom. The summed E-state index contributed by atoms with van der Waals surface area (Å²) in [6.07, 6.45) is 4.71. The van der Waals surface area contributed by atoms with Crippen LogP contribution < -0.4 is 4.90 Å². The van der Waals surface area contributed by atoms with Gasteiger partial charge >= 0.3 is 0 Å². The molecule has 0 radical (unpaired) electrons. The molecule has 1 fully saturated rings. The topological polar surface area (TPSA) is 20.2 Å². The van der Waals surface area contributed by atoms with Crippen LogP contribution in [-0.2, 0) is 4.84 Å². The van der Waals surface area contributed by atoms with Crippen LogP contribution in [-0.4, -0.2) is 48.5 Å². The summed E-state index contributed by atoms with van der Waals surface area (Å²) in [6.45, 7) is 11.6. The maximum absolute atomic E-state index is 5.59. The highest BCUT2D eigenvalue weighted by Gasteiger charge is 2.50. The van der Waals surface area contributed by atoms with Gasteiger partial charge in [0.05, 0.1) is 20.2 Å². The normalized spacial score (nSPS) is 36.1. The van der Waals surface area contributed by atoms with E-state index in [1.165, 1.54) is 4.90 Å². The fourth-order valence-corrected chi connectivity index (χ4v) is 2.63. The van der Waals surface area contributed by atoms with Crippen molar-refractivity contribution in [2.75, 3.05) is 20.7 Å². The lowest BCUT2D eigenvalue weighted by atomic mass is 10.0. The Hall–Kier alpha value is -0.840. The number of fused-ring (bicyclic) bond motifs is 1. The SMILES string of the molecule is C=C(C)[C@@H]1CN2C=CC(C)(C)[NH+](C)C2N1OC. The zero-order valence-corrected chi connectivity index (χ0v) is 11.5. The van der Waals surface area contributed by atoms with Gasteiger partial charge in [-0.15, -0.1) is 5.06 Å². The van der Waals surface area contributed by atoms with Gasteiger partial charge < -0.3 is 4.90 Å². The van der Waals surface area contributed by atoms with Crippen molar-refractivity contribution in [1.82, 2.24) is 9.96 Å². The predicted molar refractivity (Wildman–Crippen MR) is 68.0 cm³/mol. The van der Waals surface area contributed by atoms with Gasteiger partial charge in [-0.2, -0.15) is 0 Å². The molecule has 0 aliphatic carbocycles. The van der Waals surface area contributed by atoms with Crippen LogP contribution in [0, 0.1) is 0 Å². The van der Waals surface area contributed by atoms with Crippen LogP contribution in [0.3, 0.4) is 0 Å². The molecule has 0 saturated carbocycles. The number of hydroxylamine groups is 2. The zero-order chi connectivity index (χ0) is 12.8. The van der Waals surface area contributed by atoms with Gasteiger partial charge in [0.1, 0.15) is 5.54 Å². The second-order valence-electron chi connectivity index (χ2n) is 5.70. The number of likely N-dealkylation sites (N-methyl/N-ethyl adjacent to an activating group) is 1. The van der Waals surface area contributed by atoms with E-state index in [9.17, 15) is 0 Å². The van der Waals surface area contributed by atoms with E-state index in [2.05, 4.69) is 56.6 Å². The van der Waals surface area contributed by atoms with E-state index >= 15 is 0 Å². The molecule has 2 aliphatic rings. The standard InChI is InChI=1S/C13H23N3O/c1-10(2)11-9-15-8-7-13(3,4)14(5)12(15)16(11)17-6/h7-8,11-12H,1,9H2,2-6H3/p+1/t11-,12?/m0/s1. The molecule has 96 valence electrons. The van der Waals surface area contributed by atoms with Crippen LogP contribution in [0.1, 0.15) is 20.8 Å². The summed E-state index contributed by atoms with van der Waals surface area (Å²) in [6, 6.07) is 0.276. The lowest BCUT2D eigenvalue weighted by Crippen LogP contribution is -3.23. The van der Waals surface area contributed by atoms with Gasteiger partial charge in [0.2, 0.25) is 6.29 Å². The summed E-state index contributed by atoms with van der Waals surface area (Å²) in [5.41, 5.74) is 1.28. The molecule has 2 aliphatic heterocycles. The smallest absolute Gasteiger partial charge is 0.246 e. The number of nitrogens with one attached hydrogen (secondary N) is 1. The average Bonchev–Trinajstić information content (AvgIpc) is 2.63. The van der Waals surface area contributed by atoms with Crippen molar-refractivity contribution in [3.8, 4) is 0 Å².